The molecule has 3 rings (SSSR count). The van der Waals surface area contributed by atoms with Crippen molar-refractivity contribution in [1.82, 2.24) is 0 Å². The maximum atomic E-state index is 12.1. The van der Waals surface area contributed by atoms with Crippen LogP contribution in [0.2, 0.25) is 0 Å². The highest BCUT2D eigenvalue weighted by atomic mass is 16.7. The maximum absolute atomic E-state index is 12.1. The van der Waals surface area contributed by atoms with E-state index in [9.17, 15) is 9.59 Å². The summed E-state index contributed by atoms with van der Waals surface area (Å²) in [5, 5.41) is 0. The van der Waals surface area contributed by atoms with Crippen LogP contribution in [0.25, 0.3) is 6.08 Å². The van der Waals surface area contributed by atoms with Gasteiger partial charge in [0.05, 0.1) is 0 Å². The average Bonchev–Trinajstić information content (AvgIpc) is 3.17. The monoisotopic (exact) mass is 366 g/mol. The largest absolute Gasteiger partial charge is 0.490 e. The van der Waals surface area contributed by atoms with Gasteiger partial charge in [-0.1, -0.05) is 24.8 Å². The quantitative estimate of drug-likeness (QED) is 0.309. The number of ketones is 1. The van der Waals surface area contributed by atoms with E-state index < -0.39 is 5.97 Å². The van der Waals surface area contributed by atoms with Crippen molar-refractivity contribution in [2.45, 2.75) is 0 Å². The topological polar surface area (TPSA) is 71.1 Å². The molecule has 0 unspecified atom stereocenters. The molecule has 2 aromatic rings. The molecule has 138 valence electrons. The van der Waals surface area contributed by atoms with Crippen LogP contribution >= 0.6 is 0 Å². The number of esters is 1. The molecule has 2 aromatic carbocycles. The van der Waals surface area contributed by atoms with E-state index in [0.717, 1.165) is 5.56 Å². The van der Waals surface area contributed by atoms with Crippen molar-refractivity contribution in [3.05, 3.63) is 72.3 Å². The Morgan fingerprint density at radius 1 is 1.07 bits per heavy atom. The van der Waals surface area contributed by atoms with Gasteiger partial charge in [-0.25, -0.2) is 4.79 Å². The normalized spacial score (nSPS) is 12.0. The second-order valence-corrected chi connectivity index (χ2v) is 5.60. The molecule has 1 heterocycles. The van der Waals surface area contributed by atoms with Crippen molar-refractivity contribution >= 4 is 17.8 Å². The van der Waals surface area contributed by atoms with Crippen molar-refractivity contribution < 1.29 is 28.5 Å². The summed E-state index contributed by atoms with van der Waals surface area (Å²) in [6, 6.07) is 12.0. The summed E-state index contributed by atoms with van der Waals surface area (Å²) in [6.45, 7) is 3.80. The molecule has 0 spiro atoms. The number of Topliss-reactive ketones (excluding diaryl/α,β-unsaturated/α-hetero) is 1. The molecule has 0 N–H and O–H groups in total. The Bertz CT molecular complexity index is 867. The van der Waals surface area contributed by atoms with Crippen LogP contribution in [0.4, 0.5) is 0 Å². The van der Waals surface area contributed by atoms with Gasteiger partial charge in [0.2, 0.25) is 6.79 Å². The van der Waals surface area contributed by atoms with Gasteiger partial charge in [0, 0.05) is 11.6 Å². The molecular weight excluding hydrogens is 348 g/mol. The van der Waals surface area contributed by atoms with Crippen LogP contribution < -0.4 is 14.2 Å². The van der Waals surface area contributed by atoms with E-state index in [0.29, 0.717) is 29.4 Å². The minimum atomic E-state index is -0.601. The lowest BCUT2D eigenvalue weighted by Crippen LogP contribution is -2.12. The second-order valence-electron chi connectivity index (χ2n) is 5.60. The van der Waals surface area contributed by atoms with Crippen LogP contribution in [0.1, 0.15) is 15.9 Å². The molecule has 0 atom stereocenters. The minimum absolute atomic E-state index is 0.133. The Labute approximate surface area is 156 Å². The van der Waals surface area contributed by atoms with Gasteiger partial charge in [-0.05, 0) is 42.0 Å². The van der Waals surface area contributed by atoms with E-state index in [2.05, 4.69) is 6.58 Å². The highest BCUT2D eigenvalue weighted by molar-refractivity contribution is 5.99. The number of hydrogen-bond donors (Lipinski definition) is 0. The van der Waals surface area contributed by atoms with Crippen molar-refractivity contribution in [3.8, 4) is 17.2 Å². The third-order valence-corrected chi connectivity index (χ3v) is 3.70. The van der Waals surface area contributed by atoms with Crippen molar-refractivity contribution in [2.75, 3.05) is 20.0 Å². The molecule has 6 heteroatoms. The zero-order chi connectivity index (χ0) is 19.1. The fourth-order valence-electron chi connectivity index (χ4n) is 2.33. The fourth-order valence-corrected chi connectivity index (χ4v) is 2.33. The predicted octanol–water partition coefficient (Wildman–Crippen LogP) is 3.42. The van der Waals surface area contributed by atoms with Crippen LogP contribution in [0, 0.1) is 0 Å². The van der Waals surface area contributed by atoms with Crippen molar-refractivity contribution in [3.63, 3.8) is 0 Å². The zero-order valence-electron chi connectivity index (χ0n) is 14.6. The molecule has 0 radical (unpaired) electrons. The Morgan fingerprint density at radius 3 is 2.63 bits per heavy atom. The van der Waals surface area contributed by atoms with E-state index in [4.69, 9.17) is 18.9 Å². The number of carbonyl (C=O) groups is 2. The third kappa shape index (κ3) is 4.98. The van der Waals surface area contributed by atoms with Crippen LogP contribution in [0.5, 0.6) is 17.2 Å². The molecular formula is C21H18O6. The molecule has 1 aliphatic heterocycles. The zero-order valence-corrected chi connectivity index (χ0v) is 14.6. The first-order valence-electron chi connectivity index (χ1n) is 8.27. The number of rotatable bonds is 8. The van der Waals surface area contributed by atoms with E-state index >= 15 is 0 Å². The lowest BCUT2D eigenvalue weighted by atomic mass is 10.1. The van der Waals surface area contributed by atoms with Gasteiger partial charge in [-0.2, -0.15) is 0 Å². The Balaban J connectivity index is 1.49. The molecule has 0 aromatic heterocycles. The Kier molecular flexibility index (Phi) is 5.89. The van der Waals surface area contributed by atoms with Gasteiger partial charge < -0.3 is 18.9 Å². The van der Waals surface area contributed by atoms with Crippen molar-refractivity contribution in [1.29, 1.82) is 0 Å². The lowest BCUT2D eigenvalue weighted by molar-refractivity contribution is -0.136. The van der Waals surface area contributed by atoms with E-state index in [1.165, 1.54) is 6.08 Å². The number of fused-ring (bicyclic) bond motifs is 1. The van der Waals surface area contributed by atoms with E-state index in [1.54, 1.807) is 54.6 Å². The van der Waals surface area contributed by atoms with Gasteiger partial charge in [0.15, 0.2) is 23.9 Å². The summed E-state index contributed by atoms with van der Waals surface area (Å²) in [5.74, 6) is 0.888. The first-order valence-corrected chi connectivity index (χ1v) is 8.27. The molecule has 1 aliphatic rings. The summed E-state index contributed by atoms with van der Waals surface area (Å²) in [7, 11) is 0. The van der Waals surface area contributed by atoms with E-state index in [1.807, 2.05) is 0 Å². The highest BCUT2D eigenvalue weighted by Crippen LogP contribution is 2.32. The highest BCUT2D eigenvalue weighted by Gasteiger charge is 2.16. The molecule has 0 saturated carbocycles. The van der Waals surface area contributed by atoms with Gasteiger partial charge in [0.25, 0.3) is 0 Å². The van der Waals surface area contributed by atoms with Crippen molar-refractivity contribution in [2.24, 2.45) is 0 Å². The molecule has 0 aliphatic carbocycles. The average molecular weight is 366 g/mol. The summed E-state index contributed by atoms with van der Waals surface area (Å²) < 4.78 is 20.8. The maximum Gasteiger partial charge on any atom is 0.331 e. The molecule has 0 fully saturated rings. The summed E-state index contributed by atoms with van der Waals surface area (Å²) >= 11 is 0. The minimum Gasteiger partial charge on any atom is -0.490 e. The number of carbonyl (C=O) groups excluding carboxylic acids is 2. The molecule has 0 saturated heterocycles. The Hall–Kier alpha value is -3.54. The van der Waals surface area contributed by atoms with Crippen LogP contribution in [0.3, 0.4) is 0 Å². The second kappa shape index (κ2) is 8.71. The van der Waals surface area contributed by atoms with Gasteiger partial charge >= 0.3 is 5.97 Å². The number of benzene rings is 2. The molecule has 6 nitrogen and oxygen atoms in total. The van der Waals surface area contributed by atoms with Gasteiger partial charge in [0.1, 0.15) is 12.4 Å². The molecule has 0 bridgehead atoms. The Morgan fingerprint density at radius 2 is 1.85 bits per heavy atom. The number of ether oxygens (including phenoxy) is 4. The standard InChI is InChI=1S/C21H18O6/c1-2-11-24-17-7-3-15(4-8-17)5-10-21(23)25-13-18(22)16-6-9-19-20(12-16)27-14-26-19/h2-10,12H,1,11,13-14H2/b10-5+. The number of hydrogen-bond acceptors (Lipinski definition) is 6. The lowest BCUT2D eigenvalue weighted by Gasteiger charge is -2.04. The first-order chi connectivity index (χ1) is 13.2. The first kappa shape index (κ1) is 18.3. The molecule has 27 heavy (non-hydrogen) atoms. The SMILES string of the molecule is C=CCOc1ccc(/C=C/C(=O)OCC(=O)c2ccc3c(c2)OCO3)cc1. The predicted molar refractivity (Wildman–Crippen MR) is 99.0 cm³/mol. The molecule has 0 amide bonds. The van der Waals surface area contributed by atoms with Crippen LogP contribution in [-0.4, -0.2) is 31.8 Å². The summed E-state index contributed by atoms with van der Waals surface area (Å²) in [4.78, 5) is 23.9. The summed E-state index contributed by atoms with van der Waals surface area (Å²) in [6.07, 6.45) is 4.53. The smallest absolute Gasteiger partial charge is 0.331 e. The van der Waals surface area contributed by atoms with Crippen LogP contribution in [0.15, 0.2) is 61.2 Å². The third-order valence-electron chi connectivity index (χ3n) is 3.70. The van der Waals surface area contributed by atoms with E-state index in [-0.39, 0.29) is 19.2 Å². The van der Waals surface area contributed by atoms with Gasteiger partial charge in [-0.15, -0.1) is 0 Å². The fraction of sp³-hybridized carbons (Fsp3) is 0.143. The summed E-state index contributed by atoms with van der Waals surface area (Å²) in [5.41, 5.74) is 1.20. The van der Waals surface area contributed by atoms with Gasteiger partial charge in [-0.3, -0.25) is 4.79 Å². The van der Waals surface area contributed by atoms with Crippen LogP contribution in [-0.2, 0) is 9.53 Å².